The van der Waals surface area contributed by atoms with Crippen LogP contribution in [0.25, 0.3) is 10.9 Å². The molecule has 0 saturated carbocycles. The molecule has 4 heteroatoms. The number of benzene rings is 2. The van der Waals surface area contributed by atoms with E-state index in [2.05, 4.69) is 16.0 Å². The zero-order valence-electron chi connectivity index (χ0n) is 11.4. The fraction of sp³-hybridized carbons (Fsp3) is 0.0588. The van der Waals surface area contributed by atoms with E-state index in [1.165, 1.54) is 6.34 Å². The fourth-order valence-electron chi connectivity index (χ4n) is 2.06. The number of nitrogens with two attached hydrogens (primary N) is 1. The van der Waals surface area contributed by atoms with Crippen LogP contribution in [0.5, 0.6) is 5.75 Å². The second-order valence-electron chi connectivity index (χ2n) is 4.56. The van der Waals surface area contributed by atoms with Gasteiger partial charge >= 0.3 is 0 Å². The standard InChI is InChI=1S/C17H15N3O/c18-12-19-14-7-9-16(10-8-14)21-11-15-6-5-13-3-1-2-4-17(13)20-15/h1-10,12H,11H2,(H2,18,19). The van der Waals surface area contributed by atoms with Crippen molar-refractivity contribution in [1.29, 1.82) is 0 Å². The molecule has 0 saturated heterocycles. The summed E-state index contributed by atoms with van der Waals surface area (Å²) in [7, 11) is 0. The number of aromatic nitrogens is 1. The topological polar surface area (TPSA) is 60.5 Å². The minimum absolute atomic E-state index is 0.435. The van der Waals surface area contributed by atoms with Crippen molar-refractivity contribution in [2.24, 2.45) is 10.7 Å². The monoisotopic (exact) mass is 277 g/mol. The maximum atomic E-state index is 5.73. The van der Waals surface area contributed by atoms with Gasteiger partial charge in [-0.3, -0.25) is 0 Å². The molecular formula is C17H15N3O. The Morgan fingerprint density at radius 1 is 1.00 bits per heavy atom. The molecule has 0 spiro atoms. The molecule has 0 atom stereocenters. The molecule has 0 aliphatic rings. The predicted molar refractivity (Wildman–Crippen MR) is 84.9 cm³/mol. The molecule has 0 bridgehead atoms. The first-order chi connectivity index (χ1) is 10.3. The summed E-state index contributed by atoms with van der Waals surface area (Å²) in [6, 6.07) is 19.5. The predicted octanol–water partition coefficient (Wildman–Crippen LogP) is 3.43. The second-order valence-corrected chi connectivity index (χ2v) is 4.56. The zero-order valence-corrected chi connectivity index (χ0v) is 11.4. The van der Waals surface area contributed by atoms with E-state index in [0.717, 1.165) is 28.0 Å². The largest absolute Gasteiger partial charge is 0.487 e. The van der Waals surface area contributed by atoms with Gasteiger partial charge in [-0.25, -0.2) is 9.98 Å². The van der Waals surface area contributed by atoms with Crippen LogP contribution in [-0.4, -0.2) is 11.3 Å². The van der Waals surface area contributed by atoms with Gasteiger partial charge in [0.2, 0.25) is 0 Å². The molecule has 104 valence electrons. The van der Waals surface area contributed by atoms with Gasteiger partial charge in [0.25, 0.3) is 0 Å². The summed E-state index contributed by atoms with van der Waals surface area (Å²) in [6.07, 6.45) is 1.27. The van der Waals surface area contributed by atoms with Crippen LogP contribution in [0, 0.1) is 0 Å². The number of aliphatic imine (C=N–C) groups is 1. The van der Waals surface area contributed by atoms with Gasteiger partial charge in [0.1, 0.15) is 12.4 Å². The Morgan fingerprint density at radius 2 is 1.81 bits per heavy atom. The lowest BCUT2D eigenvalue weighted by Crippen LogP contribution is -1.98. The summed E-state index contributed by atoms with van der Waals surface area (Å²) >= 11 is 0. The van der Waals surface area contributed by atoms with Crippen molar-refractivity contribution in [3.05, 3.63) is 66.4 Å². The van der Waals surface area contributed by atoms with Crippen molar-refractivity contribution in [3.63, 3.8) is 0 Å². The zero-order chi connectivity index (χ0) is 14.5. The third kappa shape index (κ3) is 3.17. The van der Waals surface area contributed by atoms with Gasteiger partial charge in [0, 0.05) is 5.39 Å². The average Bonchev–Trinajstić information content (AvgIpc) is 2.54. The Balaban J connectivity index is 1.70. The van der Waals surface area contributed by atoms with Gasteiger partial charge < -0.3 is 10.5 Å². The molecule has 1 aromatic heterocycles. The molecule has 3 aromatic rings. The number of ether oxygens (including phenoxy) is 1. The van der Waals surface area contributed by atoms with E-state index in [9.17, 15) is 0 Å². The summed E-state index contributed by atoms with van der Waals surface area (Å²) in [5, 5.41) is 1.13. The molecule has 0 unspecified atom stereocenters. The number of pyridine rings is 1. The van der Waals surface area contributed by atoms with Crippen molar-refractivity contribution < 1.29 is 4.74 Å². The van der Waals surface area contributed by atoms with Gasteiger partial charge in [-0.05, 0) is 36.4 Å². The van der Waals surface area contributed by atoms with Gasteiger partial charge in [0.15, 0.2) is 0 Å². The maximum absolute atomic E-state index is 5.73. The Labute approximate surface area is 122 Å². The summed E-state index contributed by atoms with van der Waals surface area (Å²) in [5.41, 5.74) is 7.93. The summed E-state index contributed by atoms with van der Waals surface area (Å²) in [4.78, 5) is 8.56. The summed E-state index contributed by atoms with van der Waals surface area (Å²) in [5.74, 6) is 0.779. The normalized spacial score (nSPS) is 11.0. The van der Waals surface area contributed by atoms with Crippen LogP contribution < -0.4 is 10.5 Å². The minimum atomic E-state index is 0.435. The Bertz CT molecular complexity index is 766. The minimum Gasteiger partial charge on any atom is -0.487 e. The van der Waals surface area contributed by atoms with E-state index < -0.39 is 0 Å². The Hall–Kier alpha value is -2.88. The quantitative estimate of drug-likeness (QED) is 0.587. The third-order valence-electron chi connectivity index (χ3n) is 3.10. The second kappa shape index (κ2) is 6.05. The van der Waals surface area contributed by atoms with Gasteiger partial charge in [0.05, 0.1) is 23.2 Å². The van der Waals surface area contributed by atoms with Crippen LogP contribution in [0.1, 0.15) is 5.69 Å². The number of hydrogen-bond acceptors (Lipinski definition) is 3. The maximum Gasteiger partial charge on any atom is 0.130 e. The first-order valence-electron chi connectivity index (χ1n) is 6.67. The molecule has 0 aliphatic carbocycles. The Kier molecular flexibility index (Phi) is 3.78. The molecule has 2 aromatic carbocycles. The van der Waals surface area contributed by atoms with Crippen LogP contribution in [0.15, 0.2) is 65.7 Å². The molecule has 21 heavy (non-hydrogen) atoms. The van der Waals surface area contributed by atoms with Crippen LogP contribution in [0.3, 0.4) is 0 Å². The highest BCUT2D eigenvalue weighted by atomic mass is 16.5. The van der Waals surface area contributed by atoms with E-state index in [4.69, 9.17) is 10.5 Å². The first-order valence-corrected chi connectivity index (χ1v) is 6.67. The number of fused-ring (bicyclic) bond motifs is 1. The average molecular weight is 277 g/mol. The molecule has 1 heterocycles. The highest BCUT2D eigenvalue weighted by molar-refractivity contribution is 5.78. The number of hydrogen-bond donors (Lipinski definition) is 1. The number of para-hydroxylation sites is 1. The van der Waals surface area contributed by atoms with E-state index in [1.54, 1.807) is 0 Å². The van der Waals surface area contributed by atoms with Crippen molar-refractivity contribution in [3.8, 4) is 5.75 Å². The van der Waals surface area contributed by atoms with Crippen LogP contribution in [0.2, 0.25) is 0 Å². The van der Waals surface area contributed by atoms with Crippen molar-refractivity contribution in [1.82, 2.24) is 4.98 Å². The van der Waals surface area contributed by atoms with Gasteiger partial charge in [-0.1, -0.05) is 24.3 Å². The highest BCUT2D eigenvalue weighted by Gasteiger charge is 2.00. The molecule has 4 nitrogen and oxygen atoms in total. The van der Waals surface area contributed by atoms with Crippen molar-refractivity contribution in [2.45, 2.75) is 6.61 Å². The lowest BCUT2D eigenvalue weighted by Gasteiger charge is -2.07. The Morgan fingerprint density at radius 3 is 2.62 bits per heavy atom. The number of rotatable bonds is 4. The molecule has 0 amide bonds. The highest BCUT2D eigenvalue weighted by Crippen LogP contribution is 2.19. The fourth-order valence-corrected chi connectivity index (χ4v) is 2.06. The SMILES string of the molecule is NC=Nc1ccc(OCc2ccc3ccccc3n2)cc1. The third-order valence-corrected chi connectivity index (χ3v) is 3.10. The summed E-state index contributed by atoms with van der Waals surface area (Å²) in [6.45, 7) is 0.435. The summed E-state index contributed by atoms with van der Waals surface area (Å²) < 4.78 is 5.73. The lowest BCUT2D eigenvalue weighted by atomic mass is 10.2. The molecule has 0 fully saturated rings. The van der Waals surface area contributed by atoms with Gasteiger partial charge in [-0.15, -0.1) is 0 Å². The van der Waals surface area contributed by atoms with E-state index >= 15 is 0 Å². The van der Waals surface area contributed by atoms with Crippen LogP contribution in [-0.2, 0) is 6.61 Å². The van der Waals surface area contributed by atoms with Gasteiger partial charge in [-0.2, -0.15) is 0 Å². The number of nitrogens with zero attached hydrogens (tertiary/aromatic N) is 2. The van der Waals surface area contributed by atoms with Crippen molar-refractivity contribution >= 4 is 22.9 Å². The molecule has 3 rings (SSSR count). The smallest absolute Gasteiger partial charge is 0.130 e. The van der Waals surface area contributed by atoms with Crippen molar-refractivity contribution in [2.75, 3.05) is 0 Å². The van der Waals surface area contributed by atoms with E-state index in [-0.39, 0.29) is 0 Å². The molecule has 2 N–H and O–H groups in total. The molecule has 0 aliphatic heterocycles. The van der Waals surface area contributed by atoms with Crippen LogP contribution in [0.4, 0.5) is 5.69 Å². The van der Waals surface area contributed by atoms with E-state index in [0.29, 0.717) is 6.61 Å². The first kappa shape index (κ1) is 13.1. The molecular weight excluding hydrogens is 262 g/mol. The molecule has 0 radical (unpaired) electrons. The van der Waals surface area contributed by atoms with Crippen LogP contribution >= 0.6 is 0 Å². The van der Waals surface area contributed by atoms with E-state index in [1.807, 2.05) is 54.6 Å². The lowest BCUT2D eigenvalue weighted by molar-refractivity contribution is 0.302.